The van der Waals surface area contributed by atoms with Gasteiger partial charge in [-0.05, 0) is 60.7 Å². The van der Waals surface area contributed by atoms with Crippen LogP contribution in [0.15, 0.2) is 71.2 Å². The molecule has 0 amide bonds. The van der Waals surface area contributed by atoms with E-state index in [0.717, 1.165) is 12.1 Å². The predicted octanol–water partition coefficient (Wildman–Crippen LogP) is 5.87. The van der Waals surface area contributed by atoms with Crippen molar-refractivity contribution in [1.82, 2.24) is 0 Å². The van der Waals surface area contributed by atoms with Crippen LogP contribution in [0.5, 0.6) is 5.75 Å². The lowest BCUT2D eigenvalue weighted by molar-refractivity contribution is -0.137. The first-order valence-corrected chi connectivity index (χ1v) is 8.01. The highest BCUT2D eigenvalue weighted by atomic mass is 19.4. The molecule has 0 bridgehead atoms. The maximum atomic E-state index is 12.8. The Hall–Kier alpha value is -3.28. The lowest BCUT2D eigenvalue weighted by atomic mass is 10.1. The second-order valence-electron chi connectivity index (χ2n) is 5.71. The van der Waals surface area contributed by atoms with E-state index in [4.69, 9.17) is 9.15 Å². The number of rotatable bonds is 5. The van der Waals surface area contributed by atoms with E-state index in [2.05, 4.69) is 0 Å². The summed E-state index contributed by atoms with van der Waals surface area (Å²) in [6, 6.07) is 14.7. The van der Waals surface area contributed by atoms with Crippen LogP contribution in [0.3, 0.4) is 0 Å². The number of furan rings is 1. The van der Waals surface area contributed by atoms with Gasteiger partial charge in [0.05, 0.1) is 12.7 Å². The Kier molecular flexibility index (Phi) is 5.16. The molecule has 3 rings (SSSR count). The highest BCUT2D eigenvalue weighted by Gasteiger charge is 2.30. The minimum absolute atomic E-state index is 0.227. The largest absolute Gasteiger partial charge is 0.497 e. The maximum Gasteiger partial charge on any atom is 0.416 e. The van der Waals surface area contributed by atoms with Crippen molar-refractivity contribution in [3.63, 3.8) is 0 Å². The average molecular weight is 372 g/mol. The summed E-state index contributed by atoms with van der Waals surface area (Å²) in [4.78, 5) is 12.2. The van der Waals surface area contributed by atoms with Gasteiger partial charge in [0.2, 0.25) is 0 Å². The van der Waals surface area contributed by atoms with Gasteiger partial charge < -0.3 is 9.15 Å². The Labute approximate surface area is 153 Å². The number of methoxy groups -OCH3 is 1. The summed E-state index contributed by atoms with van der Waals surface area (Å²) in [5, 5.41) is 0. The molecule has 0 saturated carbocycles. The van der Waals surface area contributed by atoms with Crippen LogP contribution in [0.25, 0.3) is 17.4 Å². The lowest BCUT2D eigenvalue weighted by Gasteiger charge is -2.07. The second-order valence-corrected chi connectivity index (χ2v) is 5.71. The van der Waals surface area contributed by atoms with Crippen molar-refractivity contribution in [2.24, 2.45) is 0 Å². The SMILES string of the molecule is COc1ccc(C(=O)C=Cc2ccc(-c3cccc(C(F)(F)F)c3)o2)cc1. The Morgan fingerprint density at radius 1 is 1.04 bits per heavy atom. The topological polar surface area (TPSA) is 39.4 Å². The predicted molar refractivity (Wildman–Crippen MR) is 95.5 cm³/mol. The van der Waals surface area contributed by atoms with Gasteiger partial charge >= 0.3 is 6.18 Å². The minimum Gasteiger partial charge on any atom is -0.497 e. The number of allylic oxidation sites excluding steroid dienone is 1. The quantitative estimate of drug-likeness (QED) is 0.415. The molecule has 3 aromatic rings. The average Bonchev–Trinajstić information content (AvgIpc) is 3.15. The van der Waals surface area contributed by atoms with Gasteiger partial charge in [0, 0.05) is 11.1 Å². The summed E-state index contributed by atoms with van der Waals surface area (Å²) >= 11 is 0. The highest BCUT2D eigenvalue weighted by molar-refractivity contribution is 6.06. The fourth-order valence-corrected chi connectivity index (χ4v) is 2.46. The Balaban J connectivity index is 1.76. The summed E-state index contributed by atoms with van der Waals surface area (Å²) in [6.45, 7) is 0. The van der Waals surface area contributed by atoms with E-state index >= 15 is 0 Å². The minimum atomic E-state index is -4.42. The molecule has 0 aliphatic carbocycles. The molecule has 0 atom stereocenters. The third-order valence-corrected chi connectivity index (χ3v) is 3.87. The third kappa shape index (κ3) is 4.47. The fourth-order valence-electron chi connectivity index (χ4n) is 2.46. The molecule has 3 nitrogen and oxygen atoms in total. The van der Waals surface area contributed by atoms with Gasteiger partial charge in [-0.3, -0.25) is 4.79 Å². The molecule has 0 radical (unpaired) electrons. The molecule has 0 aliphatic rings. The molecule has 138 valence electrons. The highest BCUT2D eigenvalue weighted by Crippen LogP contribution is 2.32. The van der Waals surface area contributed by atoms with Gasteiger partial charge in [-0.25, -0.2) is 0 Å². The van der Waals surface area contributed by atoms with Crippen molar-refractivity contribution in [1.29, 1.82) is 0 Å². The zero-order valence-electron chi connectivity index (χ0n) is 14.3. The van der Waals surface area contributed by atoms with Crippen molar-refractivity contribution in [2.75, 3.05) is 7.11 Å². The smallest absolute Gasteiger partial charge is 0.416 e. The molecule has 0 N–H and O–H groups in total. The van der Waals surface area contributed by atoms with Gasteiger partial charge in [-0.1, -0.05) is 12.1 Å². The van der Waals surface area contributed by atoms with Crippen molar-refractivity contribution < 1.29 is 27.1 Å². The molecule has 27 heavy (non-hydrogen) atoms. The van der Waals surface area contributed by atoms with E-state index in [0.29, 0.717) is 22.6 Å². The summed E-state index contributed by atoms with van der Waals surface area (Å²) < 4.78 is 49.0. The molecule has 1 heterocycles. The molecule has 0 aliphatic heterocycles. The number of hydrogen-bond acceptors (Lipinski definition) is 3. The Morgan fingerprint density at radius 2 is 1.78 bits per heavy atom. The van der Waals surface area contributed by atoms with E-state index in [-0.39, 0.29) is 11.5 Å². The van der Waals surface area contributed by atoms with Gasteiger partial charge in [-0.2, -0.15) is 13.2 Å². The first kappa shape index (κ1) is 18.5. The van der Waals surface area contributed by atoms with Gasteiger partial charge in [-0.15, -0.1) is 0 Å². The number of ether oxygens (including phenoxy) is 1. The first-order valence-electron chi connectivity index (χ1n) is 8.01. The molecule has 0 spiro atoms. The zero-order chi connectivity index (χ0) is 19.4. The molecule has 0 saturated heterocycles. The number of carbonyl (C=O) groups excluding carboxylic acids is 1. The van der Waals surface area contributed by atoms with Crippen LogP contribution in [0.1, 0.15) is 21.7 Å². The van der Waals surface area contributed by atoms with E-state index in [1.54, 1.807) is 36.4 Å². The van der Waals surface area contributed by atoms with Gasteiger partial charge in [0.15, 0.2) is 5.78 Å². The van der Waals surface area contributed by atoms with E-state index in [9.17, 15) is 18.0 Å². The lowest BCUT2D eigenvalue weighted by Crippen LogP contribution is -2.04. The molecule has 6 heteroatoms. The van der Waals surface area contributed by atoms with Crippen LogP contribution in [0.4, 0.5) is 13.2 Å². The van der Waals surface area contributed by atoms with Gasteiger partial charge in [0.25, 0.3) is 0 Å². The number of halogens is 3. The van der Waals surface area contributed by atoms with Crippen LogP contribution < -0.4 is 4.74 Å². The third-order valence-electron chi connectivity index (χ3n) is 3.87. The van der Waals surface area contributed by atoms with Crippen molar-refractivity contribution in [3.05, 3.63) is 83.6 Å². The van der Waals surface area contributed by atoms with Crippen LogP contribution in [0, 0.1) is 0 Å². The zero-order valence-corrected chi connectivity index (χ0v) is 14.3. The van der Waals surface area contributed by atoms with Crippen LogP contribution in [-0.2, 0) is 6.18 Å². The Bertz CT molecular complexity index is 967. The van der Waals surface area contributed by atoms with Crippen LogP contribution in [0.2, 0.25) is 0 Å². The summed E-state index contributed by atoms with van der Waals surface area (Å²) in [5.41, 5.74) is 0.0471. The summed E-state index contributed by atoms with van der Waals surface area (Å²) in [7, 11) is 1.54. The number of carbonyl (C=O) groups is 1. The maximum absolute atomic E-state index is 12.8. The molecule has 2 aromatic carbocycles. The summed E-state index contributed by atoms with van der Waals surface area (Å²) in [6.07, 6.45) is -1.60. The molecular weight excluding hydrogens is 357 g/mol. The van der Waals surface area contributed by atoms with Gasteiger partial charge in [0.1, 0.15) is 17.3 Å². The molecular formula is C21H15F3O3. The molecule has 0 unspecified atom stereocenters. The number of ketones is 1. The Morgan fingerprint density at radius 3 is 2.44 bits per heavy atom. The van der Waals surface area contributed by atoms with E-state index in [1.165, 1.54) is 31.4 Å². The molecule has 1 aromatic heterocycles. The van der Waals surface area contributed by atoms with E-state index < -0.39 is 11.7 Å². The van der Waals surface area contributed by atoms with Crippen LogP contribution >= 0.6 is 0 Å². The normalized spacial score (nSPS) is 11.7. The number of alkyl halides is 3. The van der Waals surface area contributed by atoms with E-state index in [1.807, 2.05) is 0 Å². The second kappa shape index (κ2) is 7.53. The van der Waals surface area contributed by atoms with Crippen molar-refractivity contribution in [2.45, 2.75) is 6.18 Å². The van der Waals surface area contributed by atoms with Crippen molar-refractivity contribution in [3.8, 4) is 17.1 Å². The molecule has 0 fully saturated rings. The van der Waals surface area contributed by atoms with Crippen molar-refractivity contribution >= 4 is 11.9 Å². The van der Waals surface area contributed by atoms with Crippen LogP contribution in [-0.4, -0.2) is 12.9 Å². The summed E-state index contributed by atoms with van der Waals surface area (Å²) in [5.74, 6) is 1.07. The standard InChI is InChI=1S/C21H15F3O3/c1-26-17-7-5-14(6-8-17)19(25)11-9-18-10-12-20(27-18)15-3-2-4-16(13-15)21(22,23)24/h2-13H,1H3. The monoisotopic (exact) mass is 372 g/mol. The number of benzene rings is 2. The fraction of sp³-hybridized carbons (Fsp3) is 0.0952. The first-order chi connectivity index (χ1) is 12.9. The number of hydrogen-bond donors (Lipinski definition) is 0.